The lowest BCUT2D eigenvalue weighted by atomic mass is 10.1. The molecule has 2 rings (SSSR count). The number of thiophene rings is 1. The smallest absolute Gasteiger partial charge is 0.125 e. The van der Waals surface area contributed by atoms with Crippen molar-refractivity contribution in [3.63, 3.8) is 0 Å². The maximum atomic E-state index is 6.55. The van der Waals surface area contributed by atoms with Gasteiger partial charge in [0.15, 0.2) is 0 Å². The van der Waals surface area contributed by atoms with Crippen LogP contribution in [0.5, 0.6) is 5.75 Å². The van der Waals surface area contributed by atoms with Gasteiger partial charge in [0.25, 0.3) is 0 Å². The van der Waals surface area contributed by atoms with Crippen molar-refractivity contribution >= 4 is 54.8 Å². The first kappa shape index (κ1) is 14.4. The SMILES string of the molecule is COc1cc(Br)ccc1C(Cl)c1cc(C)c(Br)s1. The largest absolute Gasteiger partial charge is 0.496 e. The van der Waals surface area contributed by atoms with Crippen LogP contribution in [0.25, 0.3) is 0 Å². The molecular weight excluding hydrogens is 399 g/mol. The molecular formula is C13H11Br2ClOS. The summed E-state index contributed by atoms with van der Waals surface area (Å²) >= 11 is 15.2. The Morgan fingerprint density at radius 2 is 2.00 bits per heavy atom. The van der Waals surface area contributed by atoms with Crippen LogP contribution in [0.15, 0.2) is 32.5 Å². The Hall–Kier alpha value is -0.0300. The van der Waals surface area contributed by atoms with Crippen molar-refractivity contribution in [1.29, 1.82) is 0 Å². The summed E-state index contributed by atoms with van der Waals surface area (Å²) in [6, 6.07) is 8.00. The Morgan fingerprint density at radius 1 is 1.28 bits per heavy atom. The highest BCUT2D eigenvalue weighted by molar-refractivity contribution is 9.11. The minimum absolute atomic E-state index is 0.192. The van der Waals surface area contributed by atoms with Gasteiger partial charge in [-0.1, -0.05) is 22.0 Å². The molecule has 0 fully saturated rings. The molecule has 0 N–H and O–H groups in total. The summed E-state index contributed by atoms with van der Waals surface area (Å²) in [6.45, 7) is 2.06. The minimum atomic E-state index is -0.192. The van der Waals surface area contributed by atoms with E-state index < -0.39 is 0 Å². The predicted octanol–water partition coefficient (Wildman–Crippen LogP) is 5.92. The molecule has 1 atom stereocenters. The van der Waals surface area contributed by atoms with E-state index in [0.29, 0.717) is 0 Å². The Balaban J connectivity index is 2.42. The molecule has 2 aromatic rings. The highest BCUT2D eigenvalue weighted by atomic mass is 79.9. The molecule has 0 amide bonds. The Labute approximate surface area is 132 Å². The van der Waals surface area contributed by atoms with Crippen molar-refractivity contribution in [2.45, 2.75) is 12.3 Å². The van der Waals surface area contributed by atoms with Gasteiger partial charge in [0.2, 0.25) is 0 Å². The van der Waals surface area contributed by atoms with Crippen LogP contribution in [0.2, 0.25) is 0 Å². The molecule has 18 heavy (non-hydrogen) atoms. The molecule has 0 bridgehead atoms. The number of rotatable bonds is 3. The molecule has 1 aromatic carbocycles. The van der Waals surface area contributed by atoms with Crippen molar-refractivity contribution in [3.05, 3.63) is 48.5 Å². The third-order valence-corrected chi connectivity index (χ3v) is 5.89. The molecule has 0 aliphatic carbocycles. The number of hydrogen-bond donors (Lipinski definition) is 0. The van der Waals surface area contributed by atoms with Gasteiger partial charge in [-0.15, -0.1) is 22.9 Å². The fraction of sp³-hybridized carbons (Fsp3) is 0.231. The van der Waals surface area contributed by atoms with Crippen LogP contribution < -0.4 is 4.74 Å². The molecule has 5 heteroatoms. The summed E-state index contributed by atoms with van der Waals surface area (Å²) in [5, 5.41) is -0.192. The van der Waals surface area contributed by atoms with E-state index in [2.05, 4.69) is 44.8 Å². The fourth-order valence-electron chi connectivity index (χ4n) is 1.66. The Kier molecular flexibility index (Phi) is 4.75. The number of aryl methyl sites for hydroxylation is 1. The highest BCUT2D eigenvalue weighted by Crippen LogP contribution is 2.41. The fourth-order valence-corrected chi connectivity index (χ4v) is 3.94. The van der Waals surface area contributed by atoms with Gasteiger partial charge in [-0.25, -0.2) is 0 Å². The van der Waals surface area contributed by atoms with Crippen LogP contribution in [0, 0.1) is 6.92 Å². The molecule has 0 saturated heterocycles. The van der Waals surface area contributed by atoms with E-state index >= 15 is 0 Å². The van der Waals surface area contributed by atoms with Gasteiger partial charge in [-0.2, -0.15) is 0 Å². The zero-order valence-electron chi connectivity index (χ0n) is 9.84. The Bertz CT molecular complexity index is 549. The van der Waals surface area contributed by atoms with Crippen molar-refractivity contribution in [2.75, 3.05) is 7.11 Å². The highest BCUT2D eigenvalue weighted by Gasteiger charge is 2.18. The first-order chi connectivity index (χ1) is 8.52. The maximum absolute atomic E-state index is 6.55. The molecule has 1 heterocycles. The second-order valence-electron chi connectivity index (χ2n) is 3.85. The van der Waals surface area contributed by atoms with E-state index in [1.54, 1.807) is 18.4 Å². The third kappa shape index (κ3) is 2.93. The zero-order valence-corrected chi connectivity index (χ0v) is 14.6. The molecule has 1 aromatic heterocycles. The second kappa shape index (κ2) is 5.95. The normalized spacial score (nSPS) is 12.5. The first-order valence-corrected chi connectivity index (χ1v) is 8.10. The molecule has 1 nitrogen and oxygen atoms in total. The quantitative estimate of drug-likeness (QED) is 0.571. The molecule has 0 spiro atoms. The van der Waals surface area contributed by atoms with Crippen LogP contribution in [0.1, 0.15) is 21.4 Å². The third-order valence-electron chi connectivity index (χ3n) is 2.59. The summed E-state index contributed by atoms with van der Waals surface area (Å²) in [7, 11) is 1.66. The lowest BCUT2D eigenvalue weighted by Crippen LogP contribution is -1.95. The van der Waals surface area contributed by atoms with E-state index in [1.807, 2.05) is 18.2 Å². The van der Waals surface area contributed by atoms with Crippen LogP contribution in [-0.4, -0.2) is 7.11 Å². The summed E-state index contributed by atoms with van der Waals surface area (Å²) in [4.78, 5) is 1.11. The zero-order chi connectivity index (χ0) is 13.3. The monoisotopic (exact) mass is 408 g/mol. The number of methoxy groups -OCH3 is 1. The summed E-state index contributed by atoms with van der Waals surface area (Å²) in [5.41, 5.74) is 2.19. The molecule has 0 aliphatic rings. The second-order valence-corrected chi connectivity index (χ2v) is 7.61. The molecule has 0 radical (unpaired) electrons. The molecule has 0 aliphatic heterocycles. The van der Waals surface area contributed by atoms with Gasteiger partial charge in [0, 0.05) is 14.9 Å². The van der Waals surface area contributed by atoms with Crippen molar-refractivity contribution < 1.29 is 4.74 Å². The van der Waals surface area contributed by atoms with Gasteiger partial charge in [-0.3, -0.25) is 0 Å². The minimum Gasteiger partial charge on any atom is -0.496 e. The van der Waals surface area contributed by atoms with Crippen molar-refractivity contribution in [2.24, 2.45) is 0 Å². The average molecular weight is 411 g/mol. The predicted molar refractivity (Wildman–Crippen MR) is 85.1 cm³/mol. The van der Waals surface area contributed by atoms with Crippen LogP contribution in [0.4, 0.5) is 0 Å². The lowest BCUT2D eigenvalue weighted by molar-refractivity contribution is 0.410. The van der Waals surface area contributed by atoms with Crippen LogP contribution >= 0.6 is 54.8 Å². The Morgan fingerprint density at radius 3 is 2.56 bits per heavy atom. The number of alkyl halides is 1. The van der Waals surface area contributed by atoms with E-state index in [-0.39, 0.29) is 5.38 Å². The number of benzene rings is 1. The summed E-state index contributed by atoms with van der Waals surface area (Å²) in [6.07, 6.45) is 0. The first-order valence-electron chi connectivity index (χ1n) is 5.26. The van der Waals surface area contributed by atoms with Crippen LogP contribution in [-0.2, 0) is 0 Å². The molecule has 96 valence electrons. The van der Waals surface area contributed by atoms with E-state index in [1.165, 1.54) is 5.56 Å². The maximum Gasteiger partial charge on any atom is 0.125 e. The standard InChI is InChI=1S/C13H11Br2ClOS/c1-7-5-11(18-13(7)15)12(16)9-4-3-8(14)6-10(9)17-2/h3-6,12H,1-2H3. The average Bonchev–Trinajstić information content (AvgIpc) is 2.68. The van der Waals surface area contributed by atoms with E-state index in [0.717, 1.165) is 24.4 Å². The summed E-state index contributed by atoms with van der Waals surface area (Å²) in [5.74, 6) is 0.798. The number of ether oxygens (including phenoxy) is 1. The number of halogens is 3. The number of hydrogen-bond acceptors (Lipinski definition) is 2. The molecule has 0 saturated carbocycles. The van der Waals surface area contributed by atoms with Crippen molar-refractivity contribution in [1.82, 2.24) is 0 Å². The topological polar surface area (TPSA) is 9.23 Å². The summed E-state index contributed by atoms with van der Waals surface area (Å²) < 4.78 is 7.49. The molecule has 1 unspecified atom stereocenters. The van der Waals surface area contributed by atoms with Gasteiger partial charge >= 0.3 is 0 Å². The lowest BCUT2D eigenvalue weighted by Gasteiger charge is -2.13. The van der Waals surface area contributed by atoms with Gasteiger partial charge < -0.3 is 4.74 Å². The van der Waals surface area contributed by atoms with Crippen LogP contribution in [0.3, 0.4) is 0 Å². The van der Waals surface area contributed by atoms with Gasteiger partial charge in [0.1, 0.15) is 5.75 Å². The van der Waals surface area contributed by atoms with Gasteiger partial charge in [0.05, 0.1) is 16.3 Å². The van der Waals surface area contributed by atoms with Crippen molar-refractivity contribution in [3.8, 4) is 5.75 Å². The van der Waals surface area contributed by atoms with Gasteiger partial charge in [-0.05, 0) is 46.6 Å². The van der Waals surface area contributed by atoms with E-state index in [4.69, 9.17) is 16.3 Å². The van der Waals surface area contributed by atoms with E-state index in [9.17, 15) is 0 Å².